The van der Waals surface area contributed by atoms with Crippen molar-refractivity contribution in [3.63, 3.8) is 0 Å². The first-order valence-corrected chi connectivity index (χ1v) is 6.21. The Morgan fingerprint density at radius 1 is 1.18 bits per heavy atom. The highest BCUT2D eigenvalue weighted by atomic mass is 16.5. The molecule has 1 aromatic rings. The fraction of sp³-hybridized carbons (Fsp3) is 0.500. The van der Waals surface area contributed by atoms with Gasteiger partial charge in [-0.05, 0) is 48.6 Å². The first kappa shape index (κ1) is 13.6. The van der Waals surface area contributed by atoms with Gasteiger partial charge in [0.2, 0.25) is 0 Å². The topological polar surface area (TPSA) is 9.23 Å². The number of rotatable bonds is 3. The van der Waals surface area contributed by atoms with Gasteiger partial charge in [0.1, 0.15) is 5.75 Å². The van der Waals surface area contributed by atoms with Crippen LogP contribution in [0, 0.1) is 25.7 Å². The maximum absolute atomic E-state index is 5.28. The van der Waals surface area contributed by atoms with Crippen LogP contribution in [0.3, 0.4) is 0 Å². The van der Waals surface area contributed by atoms with Crippen LogP contribution in [0.1, 0.15) is 49.3 Å². The molecule has 0 spiro atoms. The summed E-state index contributed by atoms with van der Waals surface area (Å²) >= 11 is 0. The Balaban J connectivity index is 2.97. The Labute approximate surface area is 105 Å². The van der Waals surface area contributed by atoms with Gasteiger partial charge in [0, 0.05) is 12.8 Å². The Kier molecular flexibility index (Phi) is 5.10. The lowest BCUT2D eigenvalue weighted by Crippen LogP contribution is -2.00. The van der Waals surface area contributed by atoms with Crippen LogP contribution >= 0.6 is 0 Å². The molecule has 0 aliphatic heterocycles. The molecule has 17 heavy (non-hydrogen) atoms. The zero-order chi connectivity index (χ0) is 12.8. The predicted molar refractivity (Wildman–Crippen MR) is 73.6 cm³/mol. The molecule has 0 aromatic heterocycles. The van der Waals surface area contributed by atoms with E-state index in [1.165, 1.54) is 16.7 Å². The third-order valence-corrected chi connectivity index (χ3v) is 3.01. The zero-order valence-electron chi connectivity index (χ0n) is 11.6. The van der Waals surface area contributed by atoms with E-state index >= 15 is 0 Å². The van der Waals surface area contributed by atoms with E-state index in [1.54, 1.807) is 7.11 Å². The molecule has 0 saturated heterocycles. The largest absolute Gasteiger partial charge is 0.497 e. The van der Waals surface area contributed by atoms with Crippen molar-refractivity contribution in [3.05, 3.63) is 28.8 Å². The van der Waals surface area contributed by atoms with Crippen LogP contribution in [0.4, 0.5) is 0 Å². The molecule has 0 amide bonds. The average molecular weight is 230 g/mol. The molecule has 0 bridgehead atoms. The summed E-state index contributed by atoms with van der Waals surface area (Å²) in [5.74, 6) is 7.80. The second kappa shape index (κ2) is 6.35. The van der Waals surface area contributed by atoms with E-state index in [-0.39, 0.29) is 0 Å². The Morgan fingerprint density at radius 2 is 1.76 bits per heavy atom. The van der Waals surface area contributed by atoms with E-state index in [9.17, 15) is 0 Å². The van der Waals surface area contributed by atoms with Gasteiger partial charge in [-0.2, -0.15) is 0 Å². The molecule has 1 heteroatoms. The van der Waals surface area contributed by atoms with E-state index in [4.69, 9.17) is 4.74 Å². The van der Waals surface area contributed by atoms with Gasteiger partial charge in [-0.15, -0.1) is 11.8 Å². The minimum absolute atomic E-state index is 0.486. The van der Waals surface area contributed by atoms with Crippen molar-refractivity contribution in [3.8, 4) is 17.6 Å². The van der Waals surface area contributed by atoms with Crippen LogP contribution in [0.25, 0.3) is 0 Å². The summed E-state index contributed by atoms with van der Waals surface area (Å²) in [6, 6.07) is 4.21. The molecule has 1 atom stereocenters. The lowest BCUT2D eigenvalue weighted by atomic mass is 9.90. The maximum Gasteiger partial charge on any atom is 0.119 e. The Bertz CT molecular complexity index is 412. The van der Waals surface area contributed by atoms with E-state index in [2.05, 4.69) is 51.7 Å². The molecule has 1 unspecified atom stereocenters. The number of methoxy groups -OCH3 is 1. The minimum Gasteiger partial charge on any atom is -0.497 e. The lowest BCUT2D eigenvalue weighted by molar-refractivity contribution is 0.414. The van der Waals surface area contributed by atoms with Gasteiger partial charge in [-0.3, -0.25) is 0 Å². The Morgan fingerprint density at radius 3 is 2.24 bits per heavy atom. The molecule has 1 rings (SSSR count). The fourth-order valence-electron chi connectivity index (χ4n) is 2.28. The van der Waals surface area contributed by atoms with Gasteiger partial charge in [-0.1, -0.05) is 13.8 Å². The summed E-state index contributed by atoms with van der Waals surface area (Å²) in [4.78, 5) is 0. The summed E-state index contributed by atoms with van der Waals surface area (Å²) in [7, 11) is 1.71. The van der Waals surface area contributed by atoms with Crippen LogP contribution in [-0.4, -0.2) is 7.11 Å². The third kappa shape index (κ3) is 3.53. The Hall–Kier alpha value is -1.42. The second-order valence-electron chi connectivity index (χ2n) is 4.49. The van der Waals surface area contributed by atoms with Gasteiger partial charge in [-0.25, -0.2) is 0 Å². The zero-order valence-corrected chi connectivity index (χ0v) is 11.6. The lowest BCUT2D eigenvalue weighted by Gasteiger charge is -2.16. The summed E-state index contributed by atoms with van der Waals surface area (Å²) in [5.41, 5.74) is 4.01. The summed E-state index contributed by atoms with van der Waals surface area (Å²) in [6.45, 7) is 8.62. The highest BCUT2D eigenvalue weighted by Gasteiger charge is 2.11. The monoisotopic (exact) mass is 230 g/mol. The molecule has 0 aliphatic carbocycles. The third-order valence-electron chi connectivity index (χ3n) is 3.01. The first-order chi connectivity index (χ1) is 8.10. The number of ether oxygens (including phenoxy) is 1. The minimum atomic E-state index is 0.486. The van der Waals surface area contributed by atoms with Crippen LogP contribution < -0.4 is 4.74 Å². The predicted octanol–water partition coefficient (Wildman–Crippen LogP) is 4.22. The summed E-state index contributed by atoms with van der Waals surface area (Å²) in [6.07, 6.45) is 1.87. The van der Waals surface area contributed by atoms with Gasteiger partial charge >= 0.3 is 0 Å². The van der Waals surface area contributed by atoms with Crippen molar-refractivity contribution in [1.29, 1.82) is 0 Å². The van der Waals surface area contributed by atoms with E-state index in [1.807, 2.05) is 0 Å². The van der Waals surface area contributed by atoms with Crippen molar-refractivity contribution in [2.45, 2.75) is 46.5 Å². The molecule has 0 heterocycles. The standard InChI is InChI=1S/C16H22O/c1-6-7-8-9-12(2)16-13(3)10-15(17-5)11-14(16)4/h10-12H,6,9H2,1-5H3. The molecule has 1 aromatic carbocycles. The van der Waals surface area contributed by atoms with E-state index < -0.39 is 0 Å². The highest BCUT2D eigenvalue weighted by Crippen LogP contribution is 2.29. The normalized spacial score (nSPS) is 11.6. The van der Waals surface area contributed by atoms with Gasteiger partial charge < -0.3 is 4.74 Å². The van der Waals surface area contributed by atoms with Crippen molar-refractivity contribution < 1.29 is 4.74 Å². The average Bonchev–Trinajstić information content (AvgIpc) is 2.28. The maximum atomic E-state index is 5.28. The van der Waals surface area contributed by atoms with Gasteiger partial charge in [0.25, 0.3) is 0 Å². The number of hydrogen-bond acceptors (Lipinski definition) is 1. The second-order valence-corrected chi connectivity index (χ2v) is 4.49. The molecule has 0 radical (unpaired) electrons. The molecule has 1 nitrogen and oxygen atoms in total. The van der Waals surface area contributed by atoms with Crippen molar-refractivity contribution in [2.75, 3.05) is 7.11 Å². The van der Waals surface area contributed by atoms with Gasteiger partial charge in [0.05, 0.1) is 7.11 Å². The molecule has 92 valence electrons. The smallest absolute Gasteiger partial charge is 0.119 e. The molecule has 0 aliphatic rings. The van der Waals surface area contributed by atoms with Crippen molar-refractivity contribution in [1.82, 2.24) is 0 Å². The van der Waals surface area contributed by atoms with Crippen LogP contribution in [-0.2, 0) is 0 Å². The molecular weight excluding hydrogens is 208 g/mol. The first-order valence-electron chi connectivity index (χ1n) is 6.21. The molecule has 0 saturated carbocycles. The van der Waals surface area contributed by atoms with E-state index in [0.29, 0.717) is 5.92 Å². The summed E-state index contributed by atoms with van der Waals surface area (Å²) in [5, 5.41) is 0. The van der Waals surface area contributed by atoms with Crippen LogP contribution in [0.2, 0.25) is 0 Å². The number of hydrogen-bond donors (Lipinski definition) is 0. The molecule has 0 N–H and O–H groups in total. The summed E-state index contributed by atoms with van der Waals surface area (Å²) < 4.78 is 5.28. The van der Waals surface area contributed by atoms with E-state index in [0.717, 1.165) is 18.6 Å². The number of aryl methyl sites for hydroxylation is 2. The van der Waals surface area contributed by atoms with Crippen molar-refractivity contribution in [2.24, 2.45) is 0 Å². The van der Waals surface area contributed by atoms with Crippen LogP contribution in [0.5, 0.6) is 5.75 Å². The highest BCUT2D eigenvalue weighted by molar-refractivity contribution is 5.43. The van der Waals surface area contributed by atoms with Gasteiger partial charge in [0.15, 0.2) is 0 Å². The fourth-order valence-corrected chi connectivity index (χ4v) is 2.28. The van der Waals surface area contributed by atoms with Crippen LogP contribution in [0.15, 0.2) is 12.1 Å². The number of benzene rings is 1. The SMILES string of the molecule is CCC#CCC(C)c1c(C)cc(OC)cc1C. The quantitative estimate of drug-likeness (QED) is 0.706. The van der Waals surface area contributed by atoms with Crippen molar-refractivity contribution >= 4 is 0 Å². The molecule has 0 fully saturated rings. The molecular formula is C16H22O.